The molecule has 0 heterocycles. The molecule has 0 atom stereocenters. The number of rotatable bonds is 40. The number of ether oxygens (including phenoxy) is 13. The lowest BCUT2D eigenvalue weighted by Crippen LogP contribution is -2.32. The molecule has 0 fully saturated rings. The van der Waals surface area contributed by atoms with E-state index >= 15 is 0 Å². The van der Waals surface area contributed by atoms with Crippen LogP contribution in [0.2, 0.25) is 0 Å². The number of hydrogen-bond donors (Lipinski definition) is 0. The number of halogens is 1. The third-order valence-electron chi connectivity index (χ3n) is 8.53. The number of fused-ring (bicyclic) bond motifs is 3. The summed E-state index contributed by atoms with van der Waals surface area (Å²) in [7, 11) is 1.71. The Kier molecular flexibility index (Phi) is 30.6. The zero-order chi connectivity index (χ0) is 41.0. The maximum atomic E-state index is 12.6. The van der Waals surface area contributed by atoms with Crippen LogP contribution in [0.4, 0.5) is 4.79 Å². The summed E-state index contributed by atoms with van der Waals surface area (Å²) >= 11 is 3.30. The largest absolute Gasteiger partial charge is 0.448 e. The number of amides is 1. The fourth-order valence-corrected chi connectivity index (χ4v) is 5.80. The first-order valence-electron chi connectivity index (χ1n) is 20.3. The van der Waals surface area contributed by atoms with Crippen LogP contribution in [-0.4, -0.2) is 195 Å². The monoisotopic (exact) mass is 887 g/mol. The Hall–Kier alpha value is -2.29. The molecule has 0 radical (unpaired) electrons. The summed E-state index contributed by atoms with van der Waals surface area (Å²) in [6, 6.07) is 16.6. The number of benzene rings is 2. The van der Waals surface area contributed by atoms with Crippen LogP contribution in [0.15, 0.2) is 48.5 Å². The topological polar surface area (TPSA) is 140 Å². The van der Waals surface area contributed by atoms with Crippen LogP contribution in [-0.2, 0) is 61.6 Å². The molecule has 58 heavy (non-hydrogen) atoms. The molecular weight excluding hydrogens is 822 g/mol. The fraction of sp³-hybridized carbons (Fsp3) is 0.690. The SMILES string of the molecule is CN(CCOCCOCCOCCOCCOCCOCCOCCOCCOCCOCCOCCOCCBr)C(=O)OCC1c2ccccc2-c2ccccc21. The van der Waals surface area contributed by atoms with Crippen molar-refractivity contribution >= 4 is 22.0 Å². The molecule has 0 aliphatic heterocycles. The lowest BCUT2D eigenvalue weighted by atomic mass is 9.98. The average Bonchev–Trinajstić information content (AvgIpc) is 3.57. The van der Waals surface area contributed by atoms with E-state index in [1.54, 1.807) is 7.05 Å². The molecule has 2 aromatic carbocycles. The van der Waals surface area contributed by atoms with Gasteiger partial charge in [0.2, 0.25) is 0 Å². The van der Waals surface area contributed by atoms with Crippen molar-refractivity contribution in [2.75, 3.05) is 184 Å². The first-order chi connectivity index (χ1) is 28.7. The number of carbonyl (C=O) groups excluding carboxylic acids is 1. The molecule has 0 spiro atoms. The van der Waals surface area contributed by atoms with Gasteiger partial charge in [0, 0.05) is 24.8 Å². The first-order valence-corrected chi connectivity index (χ1v) is 21.4. The highest BCUT2D eigenvalue weighted by atomic mass is 79.9. The molecular formula is C42H66BrNO14. The van der Waals surface area contributed by atoms with Gasteiger partial charge >= 0.3 is 6.09 Å². The van der Waals surface area contributed by atoms with Crippen LogP contribution in [0.1, 0.15) is 17.0 Å². The van der Waals surface area contributed by atoms with Gasteiger partial charge < -0.3 is 66.5 Å². The number of likely N-dealkylation sites (N-methyl/N-ethyl adjacent to an activating group) is 1. The van der Waals surface area contributed by atoms with E-state index in [0.29, 0.717) is 172 Å². The zero-order valence-corrected chi connectivity index (χ0v) is 35.9. The van der Waals surface area contributed by atoms with Gasteiger partial charge in [-0.25, -0.2) is 4.79 Å². The molecule has 3 rings (SSSR count). The molecule has 330 valence electrons. The van der Waals surface area contributed by atoms with Gasteiger partial charge in [0.25, 0.3) is 0 Å². The summed E-state index contributed by atoms with van der Waals surface area (Å²) in [5, 5.41) is 0.832. The second-order valence-electron chi connectivity index (χ2n) is 12.8. The number of carbonyl (C=O) groups is 1. The Morgan fingerprint density at radius 1 is 0.448 bits per heavy atom. The molecule has 0 unspecified atom stereocenters. The van der Waals surface area contributed by atoms with Crippen LogP contribution in [0.25, 0.3) is 11.1 Å². The maximum absolute atomic E-state index is 12.6. The van der Waals surface area contributed by atoms with E-state index in [-0.39, 0.29) is 12.0 Å². The summed E-state index contributed by atoms with van der Waals surface area (Å²) in [4.78, 5) is 14.2. The van der Waals surface area contributed by atoms with Gasteiger partial charge in [0.05, 0.1) is 159 Å². The number of alkyl halides is 1. The highest BCUT2D eigenvalue weighted by Gasteiger charge is 2.29. The normalized spacial score (nSPS) is 12.2. The minimum Gasteiger partial charge on any atom is -0.448 e. The Balaban J connectivity index is 0.950. The van der Waals surface area contributed by atoms with Crippen LogP contribution in [0.3, 0.4) is 0 Å². The van der Waals surface area contributed by atoms with Crippen LogP contribution < -0.4 is 0 Å². The smallest absolute Gasteiger partial charge is 0.409 e. The van der Waals surface area contributed by atoms with E-state index in [2.05, 4.69) is 40.2 Å². The Morgan fingerprint density at radius 3 is 1.03 bits per heavy atom. The molecule has 2 aromatic rings. The first kappa shape index (κ1) is 50.1. The van der Waals surface area contributed by atoms with Gasteiger partial charge in [-0.2, -0.15) is 0 Å². The van der Waals surface area contributed by atoms with Gasteiger partial charge in [-0.05, 0) is 22.3 Å². The predicted molar refractivity (Wildman–Crippen MR) is 221 cm³/mol. The second kappa shape index (κ2) is 35.5. The van der Waals surface area contributed by atoms with Gasteiger partial charge in [-0.1, -0.05) is 64.5 Å². The Bertz CT molecular complexity index is 1230. The average molecular weight is 889 g/mol. The third-order valence-corrected chi connectivity index (χ3v) is 8.86. The highest BCUT2D eigenvalue weighted by molar-refractivity contribution is 9.09. The minimum atomic E-state index is -0.365. The van der Waals surface area contributed by atoms with Crippen molar-refractivity contribution in [1.29, 1.82) is 0 Å². The van der Waals surface area contributed by atoms with E-state index in [0.717, 1.165) is 5.33 Å². The molecule has 0 bridgehead atoms. The molecule has 1 amide bonds. The van der Waals surface area contributed by atoms with Crippen molar-refractivity contribution in [3.8, 4) is 11.1 Å². The number of hydrogen-bond acceptors (Lipinski definition) is 14. The van der Waals surface area contributed by atoms with Crippen molar-refractivity contribution in [2.24, 2.45) is 0 Å². The van der Waals surface area contributed by atoms with E-state index in [1.807, 2.05) is 24.3 Å². The van der Waals surface area contributed by atoms with E-state index < -0.39 is 0 Å². The standard InChI is InChI=1S/C42H66BrNO14/c1-44(42(45)58-36-41-39-8-4-2-6-37(39)38-7-3-5-9-40(38)41)11-13-47-15-17-49-19-21-51-23-25-53-27-29-55-31-33-57-35-34-56-32-30-54-28-26-52-24-22-50-20-18-48-16-14-46-12-10-43/h2-9,41H,10-36H2,1H3. The zero-order valence-electron chi connectivity index (χ0n) is 34.3. The van der Waals surface area contributed by atoms with Gasteiger partial charge in [0.15, 0.2) is 0 Å². The van der Waals surface area contributed by atoms with Crippen molar-refractivity contribution in [3.63, 3.8) is 0 Å². The highest BCUT2D eigenvalue weighted by Crippen LogP contribution is 2.44. The predicted octanol–water partition coefficient (Wildman–Crippen LogP) is 4.46. The molecule has 1 aliphatic rings. The summed E-state index contributed by atoms with van der Waals surface area (Å²) in [6.07, 6.45) is -0.365. The molecule has 0 aromatic heterocycles. The van der Waals surface area contributed by atoms with Crippen molar-refractivity contribution in [2.45, 2.75) is 5.92 Å². The molecule has 15 nitrogen and oxygen atoms in total. The summed E-state index contributed by atoms with van der Waals surface area (Å²) in [5.74, 6) is 0.0370. The van der Waals surface area contributed by atoms with Crippen LogP contribution in [0, 0.1) is 0 Å². The third kappa shape index (κ3) is 23.5. The Morgan fingerprint density at radius 2 is 0.724 bits per heavy atom. The molecule has 0 saturated carbocycles. The van der Waals surface area contributed by atoms with E-state index in [9.17, 15) is 4.79 Å². The van der Waals surface area contributed by atoms with Gasteiger partial charge in [-0.15, -0.1) is 0 Å². The molecule has 16 heteroatoms. The molecule has 1 aliphatic carbocycles. The van der Waals surface area contributed by atoms with Gasteiger partial charge in [0.1, 0.15) is 6.61 Å². The minimum absolute atomic E-state index is 0.0370. The summed E-state index contributed by atoms with van der Waals surface area (Å²) in [6.45, 7) is 12.8. The number of nitrogens with zero attached hydrogens (tertiary/aromatic N) is 1. The van der Waals surface area contributed by atoms with Crippen molar-refractivity contribution < 1.29 is 66.4 Å². The summed E-state index contributed by atoms with van der Waals surface area (Å²) < 4.78 is 71.5. The lowest BCUT2D eigenvalue weighted by Gasteiger charge is -2.19. The molecule has 0 saturated heterocycles. The summed E-state index contributed by atoms with van der Waals surface area (Å²) in [5.41, 5.74) is 4.79. The van der Waals surface area contributed by atoms with Crippen molar-refractivity contribution in [1.82, 2.24) is 4.90 Å². The van der Waals surface area contributed by atoms with E-state index in [1.165, 1.54) is 27.2 Å². The van der Waals surface area contributed by atoms with Crippen molar-refractivity contribution in [3.05, 3.63) is 59.7 Å². The van der Waals surface area contributed by atoms with Crippen LogP contribution in [0.5, 0.6) is 0 Å². The molecule has 0 N–H and O–H groups in total. The van der Waals surface area contributed by atoms with Crippen LogP contribution >= 0.6 is 15.9 Å². The second-order valence-corrected chi connectivity index (χ2v) is 13.6. The quantitative estimate of drug-likeness (QED) is 0.0688. The Labute approximate surface area is 353 Å². The van der Waals surface area contributed by atoms with Gasteiger partial charge in [-0.3, -0.25) is 0 Å². The van der Waals surface area contributed by atoms with E-state index in [4.69, 9.17) is 61.6 Å². The fourth-order valence-electron chi connectivity index (χ4n) is 5.57. The maximum Gasteiger partial charge on any atom is 0.409 e. The lowest BCUT2D eigenvalue weighted by molar-refractivity contribution is -0.0283.